The minimum Gasteiger partial charge on any atom is -0.481 e. The molecule has 0 spiro atoms. The third-order valence-electron chi connectivity index (χ3n) is 4.69. The molecule has 5 heteroatoms. The second-order valence-corrected chi connectivity index (χ2v) is 6.33. The normalized spacial score (nSPS) is 22.2. The van der Waals surface area contributed by atoms with Gasteiger partial charge in [-0.1, -0.05) is 24.3 Å². The molecule has 0 radical (unpaired) electrons. The quantitative estimate of drug-likeness (QED) is 0.871. The van der Waals surface area contributed by atoms with Crippen LogP contribution in [-0.4, -0.2) is 48.1 Å². The van der Waals surface area contributed by atoms with Crippen LogP contribution in [0.4, 0.5) is 0 Å². The standard InChI is InChI=1S/C17H22N2O3/c20-16(19-6-5-18-10-15(11-19)17(21)22)9-12-7-13-3-1-2-4-14(13)8-12/h1-4,12,15,18H,5-11H2,(H,21,22)/t15-/m1/s1. The molecule has 1 heterocycles. The predicted octanol–water partition coefficient (Wildman–Crippen LogP) is 0.924. The lowest BCUT2D eigenvalue weighted by Crippen LogP contribution is -2.38. The topological polar surface area (TPSA) is 69.6 Å². The number of nitrogens with zero attached hydrogens (tertiary/aromatic N) is 1. The molecular formula is C17H22N2O3. The Hall–Kier alpha value is -1.88. The summed E-state index contributed by atoms with van der Waals surface area (Å²) >= 11 is 0. The number of fused-ring (bicyclic) bond motifs is 1. The van der Waals surface area contributed by atoms with E-state index < -0.39 is 11.9 Å². The molecule has 1 aromatic rings. The first-order valence-corrected chi connectivity index (χ1v) is 7.91. The van der Waals surface area contributed by atoms with Crippen LogP contribution in [0.1, 0.15) is 17.5 Å². The highest BCUT2D eigenvalue weighted by molar-refractivity contribution is 5.78. The highest BCUT2D eigenvalue weighted by Gasteiger charge is 2.29. The van der Waals surface area contributed by atoms with Crippen LogP contribution in [0.2, 0.25) is 0 Å². The van der Waals surface area contributed by atoms with Crippen molar-refractivity contribution in [3.8, 4) is 0 Å². The molecule has 2 aliphatic rings. The molecule has 0 bridgehead atoms. The summed E-state index contributed by atoms with van der Waals surface area (Å²) < 4.78 is 0. The van der Waals surface area contributed by atoms with Gasteiger partial charge < -0.3 is 15.3 Å². The summed E-state index contributed by atoms with van der Waals surface area (Å²) in [5.41, 5.74) is 2.70. The van der Waals surface area contributed by atoms with Gasteiger partial charge >= 0.3 is 5.97 Å². The minimum atomic E-state index is -0.833. The molecule has 22 heavy (non-hydrogen) atoms. The molecule has 0 unspecified atom stereocenters. The van der Waals surface area contributed by atoms with Crippen molar-refractivity contribution in [3.05, 3.63) is 35.4 Å². The molecule has 1 aliphatic heterocycles. The first-order chi connectivity index (χ1) is 10.6. The summed E-state index contributed by atoms with van der Waals surface area (Å²) in [4.78, 5) is 25.4. The molecule has 0 aromatic heterocycles. The van der Waals surface area contributed by atoms with E-state index in [9.17, 15) is 14.7 Å². The van der Waals surface area contributed by atoms with Crippen molar-refractivity contribution in [2.75, 3.05) is 26.2 Å². The zero-order valence-electron chi connectivity index (χ0n) is 12.6. The van der Waals surface area contributed by atoms with Crippen LogP contribution in [0.5, 0.6) is 0 Å². The Morgan fingerprint density at radius 1 is 1.23 bits per heavy atom. The van der Waals surface area contributed by atoms with Crippen LogP contribution in [0.15, 0.2) is 24.3 Å². The Morgan fingerprint density at radius 2 is 1.91 bits per heavy atom. The van der Waals surface area contributed by atoms with Crippen molar-refractivity contribution >= 4 is 11.9 Å². The molecule has 3 rings (SSSR count). The third kappa shape index (κ3) is 3.30. The highest BCUT2D eigenvalue weighted by atomic mass is 16.4. The van der Waals surface area contributed by atoms with E-state index in [1.54, 1.807) is 4.90 Å². The fourth-order valence-electron chi connectivity index (χ4n) is 3.47. The minimum absolute atomic E-state index is 0.0905. The summed E-state index contributed by atoms with van der Waals surface area (Å²) in [7, 11) is 0. The molecule has 118 valence electrons. The van der Waals surface area contributed by atoms with Gasteiger partial charge in [0.25, 0.3) is 0 Å². The Morgan fingerprint density at radius 3 is 2.55 bits per heavy atom. The van der Waals surface area contributed by atoms with E-state index in [0.29, 0.717) is 38.5 Å². The first kappa shape index (κ1) is 15.0. The van der Waals surface area contributed by atoms with Gasteiger partial charge in [-0.15, -0.1) is 0 Å². The summed E-state index contributed by atoms with van der Waals surface area (Å²) in [6.07, 6.45) is 2.42. The smallest absolute Gasteiger partial charge is 0.309 e. The van der Waals surface area contributed by atoms with Gasteiger partial charge in [0, 0.05) is 32.6 Å². The average molecular weight is 302 g/mol. The molecule has 1 aromatic carbocycles. The maximum atomic E-state index is 12.5. The number of carbonyl (C=O) groups excluding carboxylic acids is 1. The SMILES string of the molecule is O=C(O)[C@@H]1CNCCN(C(=O)CC2Cc3ccccc3C2)C1. The Bertz CT molecular complexity index is 548. The maximum absolute atomic E-state index is 12.5. The van der Waals surface area contributed by atoms with E-state index in [-0.39, 0.29) is 5.91 Å². The zero-order chi connectivity index (χ0) is 15.5. The molecule has 0 saturated carbocycles. The monoisotopic (exact) mass is 302 g/mol. The van der Waals surface area contributed by atoms with Crippen molar-refractivity contribution in [1.29, 1.82) is 0 Å². The van der Waals surface area contributed by atoms with E-state index in [2.05, 4.69) is 17.4 Å². The van der Waals surface area contributed by atoms with Gasteiger partial charge in [0.05, 0.1) is 5.92 Å². The number of carboxylic acid groups (broad SMARTS) is 1. The summed E-state index contributed by atoms with van der Waals surface area (Å²) in [6, 6.07) is 8.36. The first-order valence-electron chi connectivity index (χ1n) is 7.91. The van der Waals surface area contributed by atoms with Crippen LogP contribution in [0, 0.1) is 11.8 Å². The number of rotatable bonds is 3. The van der Waals surface area contributed by atoms with E-state index >= 15 is 0 Å². The number of carboxylic acids is 1. The number of nitrogens with one attached hydrogen (secondary N) is 1. The van der Waals surface area contributed by atoms with E-state index in [4.69, 9.17) is 0 Å². The summed E-state index contributed by atoms with van der Waals surface area (Å²) in [5, 5.41) is 12.3. The molecule has 2 N–H and O–H groups in total. The van der Waals surface area contributed by atoms with Crippen LogP contribution in [-0.2, 0) is 22.4 Å². The van der Waals surface area contributed by atoms with Crippen molar-refractivity contribution in [3.63, 3.8) is 0 Å². The summed E-state index contributed by atoms with van der Waals surface area (Å²) in [6.45, 7) is 2.03. The highest BCUT2D eigenvalue weighted by Crippen LogP contribution is 2.29. The van der Waals surface area contributed by atoms with Gasteiger partial charge in [0.2, 0.25) is 5.91 Å². The molecule has 1 saturated heterocycles. The molecule has 1 aliphatic carbocycles. The molecule has 5 nitrogen and oxygen atoms in total. The molecule has 1 atom stereocenters. The van der Waals surface area contributed by atoms with Gasteiger partial charge in [-0.2, -0.15) is 0 Å². The number of carbonyl (C=O) groups is 2. The van der Waals surface area contributed by atoms with Gasteiger partial charge in [0.1, 0.15) is 0 Å². The fraction of sp³-hybridized carbons (Fsp3) is 0.529. The Kier molecular flexibility index (Phi) is 4.43. The van der Waals surface area contributed by atoms with Crippen LogP contribution in [0.3, 0.4) is 0 Å². The van der Waals surface area contributed by atoms with Crippen molar-refractivity contribution in [2.45, 2.75) is 19.3 Å². The third-order valence-corrected chi connectivity index (χ3v) is 4.69. The van der Waals surface area contributed by atoms with E-state index in [0.717, 1.165) is 12.8 Å². The Labute approximate surface area is 130 Å². The lowest BCUT2D eigenvalue weighted by molar-refractivity contribution is -0.143. The second kappa shape index (κ2) is 6.48. The maximum Gasteiger partial charge on any atom is 0.309 e. The van der Waals surface area contributed by atoms with Gasteiger partial charge in [0.15, 0.2) is 0 Å². The lowest BCUT2D eigenvalue weighted by atomic mass is 10.0. The second-order valence-electron chi connectivity index (χ2n) is 6.33. The average Bonchev–Trinajstić information content (AvgIpc) is 2.73. The van der Waals surface area contributed by atoms with Crippen molar-refractivity contribution in [2.24, 2.45) is 11.8 Å². The van der Waals surface area contributed by atoms with Crippen molar-refractivity contribution in [1.82, 2.24) is 10.2 Å². The van der Waals surface area contributed by atoms with Gasteiger partial charge in [-0.05, 0) is 29.9 Å². The largest absolute Gasteiger partial charge is 0.481 e. The van der Waals surface area contributed by atoms with Crippen LogP contribution < -0.4 is 5.32 Å². The zero-order valence-corrected chi connectivity index (χ0v) is 12.6. The number of benzene rings is 1. The molecule has 1 fully saturated rings. The number of hydrogen-bond acceptors (Lipinski definition) is 3. The van der Waals surface area contributed by atoms with Gasteiger partial charge in [-0.3, -0.25) is 9.59 Å². The Balaban J connectivity index is 1.59. The molecular weight excluding hydrogens is 280 g/mol. The van der Waals surface area contributed by atoms with E-state index in [1.807, 2.05) is 12.1 Å². The van der Waals surface area contributed by atoms with E-state index in [1.165, 1.54) is 11.1 Å². The van der Waals surface area contributed by atoms with Gasteiger partial charge in [-0.25, -0.2) is 0 Å². The lowest BCUT2D eigenvalue weighted by Gasteiger charge is -2.23. The van der Waals surface area contributed by atoms with Crippen LogP contribution >= 0.6 is 0 Å². The summed E-state index contributed by atoms with van der Waals surface area (Å²) in [5.74, 6) is -0.898. The molecule has 1 amide bonds. The number of aliphatic carboxylic acids is 1. The van der Waals surface area contributed by atoms with Crippen LogP contribution in [0.25, 0.3) is 0 Å². The van der Waals surface area contributed by atoms with Crippen molar-refractivity contribution < 1.29 is 14.7 Å². The fourth-order valence-corrected chi connectivity index (χ4v) is 3.47. The number of hydrogen-bond donors (Lipinski definition) is 2. The number of amides is 1. The predicted molar refractivity (Wildman–Crippen MR) is 82.5 cm³/mol.